The molecule has 2 saturated heterocycles. The van der Waals surface area contributed by atoms with Crippen molar-refractivity contribution in [1.82, 2.24) is 15.2 Å². The number of aromatic nitrogens is 1. The molecule has 17 heavy (non-hydrogen) atoms. The van der Waals surface area contributed by atoms with E-state index in [2.05, 4.69) is 10.3 Å². The van der Waals surface area contributed by atoms with Gasteiger partial charge in [-0.3, -0.25) is 9.78 Å². The first-order valence-electron chi connectivity index (χ1n) is 6.19. The van der Waals surface area contributed by atoms with E-state index < -0.39 is 0 Å². The summed E-state index contributed by atoms with van der Waals surface area (Å²) < 4.78 is 0. The molecular weight excluding hydrogens is 214 g/mol. The highest BCUT2D eigenvalue weighted by atomic mass is 16.2. The molecule has 3 heterocycles. The molecule has 0 bridgehead atoms. The van der Waals surface area contributed by atoms with Gasteiger partial charge in [-0.25, -0.2) is 0 Å². The van der Waals surface area contributed by atoms with E-state index in [1.165, 1.54) is 0 Å². The van der Waals surface area contributed by atoms with Gasteiger partial charge in [0.25, 0.3) is 0 Å². The summed E-state index contributed by atoms with van der Waals surface area (Å²) in [5, 5.41) is 3.39. The van der Waals surface area contributed by atoms with Crippen LogP contribution in [0.25, 0.3) is 0 Å². The van der Waals surface area contributed by atoms with Crippen LogP contribution in [0.1, 0.15) is 24.2 Å². The Kier molecular flexibility index (Phi) is 2.59. The first-order chi connectivity index (χ1) is 8.24. The Balaban J connectivity index is 1.78. The average molecular weight is 231 g/mol. The second kappa shape index (κ2) is 4.11. The van der Waals surface area contributed by atoms with Gasteiger partial charge in [0.2, 0.25) is 5.91 Å². The van der Waals surface area contributed by atoms with Crippen molar-refractivity contribution >= 4 is 5.91 Å². The van der Waals surface area contributed by atoms with Crippen molar-refractivity contribution in [1.29, 1.82) is 0 Å². The van der Waals surface area contributed by atoms with Crippen LogP contribution in [0.5, 0.6) is 0 Å². The Labute approximate surface area is 101 Å². The minimum Gasteiger partial charge on any atom is -0.332 e. The maximum Gasteiger partial charge on any atom is 0.224 e. The summed E-state index contributed by atoms with van der Waals surface area (Å²) in [6.07, 6.45) is 1.72. The molecule has 1 aromatic rings. The molecule has 4 nitrogen and oxygen atoms in total. The van der Waals surface area contributed by atoms with E-state index >= 15 is 0 Å². The van der Waals surface area contributed by atoms with Crippen LogP contribution in [0.15, 0.2) is 18.2 Å². The fourth-order valence-electron chi connectivity index (χ4n) is 2.89. The first-order valence-corrected chi connectivity index (χ1v) is 6.19. The van der Waals surface area contributed by atoms with Crippen LogP contribution >= 0.6 is 0 Å². The number of nitrogens with one attached hydrogen (secondary N) is 1. The van der Waals surface area contributed by atoms with E-state index in [-0.39, 0.29) is 5.91 Å². The lowest BCUT2D eigenvalue weighted by atomic mass is 10.1. The number of fused-ring (bicyclic) bond motifs is 1. The molecule has 0 radical (unpaired) electrons. The smallest absolute Gasteiger partial charge is 0.224 e. The fourth-order valence-corrected chi connectivity index (χ4v) is 2.89. The van der Waals surface area contributed by atoms with E-state index in [1.54, 1.807) is 0 Å². The zero-order valence-electron chi connectivity index (χ0n) is 10.0. The largest absolute Gasteiger partial charge is 0.332 e. The van der Waals surface area contributed by atoms with E-state index in [0.717, 1.165) is 24.4 Å². The second-order valence-corrected chi connectivity index (χ2v) is 4.91. The molecule has 0 saturated carbocycles. The summed E-state index contributed by atoms with van der Waals surface area (Å²) in [4.78, 5) is 18.4. The lowest BCUT2D eigenvalue weighted by Crippen LogP contribution is -2.35. The van der Waals surface area contributed by atoms with Gasteiger partial charge in [-0.15, -0.1) is 0 Å². The Morgan fingerprint density at radius 3 is 3.24 bits per heavy atom. The Bertz CT molecular complexity index is 446. The molecule has 2 fully saturated rings. The summed E-state index contributed by atoms with van der Waals surface area (Å²) in [5.74, 6) is 0.260. The second-order valence-electron chi connectivity index (χ2n) is 4.91. The molecule has 3 rings (SSSR count). The quantitative estimate of drug-likeness (QED) is 0.821. The van der Waals surface area contributed by atoms with Gasteiger partial charge < -0.3 is 10.2 Å². The lowest BCUT2D eigenvalue weighted by Gasteiger charge is -2.23. The Morgan fingerprint density at radius 2 is 2.41 bits per heavy atom. The third-order valence-electron chi connectivity index (χ3n) is 3.70. The summed E-state index contributed by atoms with van der Waals surface area (Å²) in [7, 11) is 0. The van der Waals surface area contributed by atoms with Crippen LogP contribution in [0.3, 0.4) is 0 Å². The minimum absolute atomic E-state index is 0.260. The molecular formula is C13H17N3O. The molecule has 90 valence electrons. The standard InChI is InChI=1S/C13H17N3O/c1-9-3-2-4-10(15-9)8-16-12-5-6-14-11(12)7-13(16)17/h2-4,11-12,14H,5-8H2,1H3/t11-,12-/m0/s1. The van der Waals surface area contributed by atoms with Crippen molar-refractivity contribution < 1.29 is 4.79 Å². The molecule has 2 atom stereocenters. The normalized spacial score (nSPS) is 27.6. The van der Waals surface area contributed by atoms with E-state index in [0.29, 0.717) is 25.0 Å². The predicted molar refractivity (Wildman–Crippen MR) is 64.3 cm³/mol. The Morgan fingerprint density at radius 1 is 1.53 bits per heavy atom. The zero-order chi connectivity index (χ0) is 11.8. The van der Waals surface area contributed by atoms with Crippen molar-refractivity contribution in [2.75, 3.05) is 6.54 Å². The predicted octanol–water partition coefficient (Wildman–Crippen LogP) is 0.853. The third kappa shape index (κ3) is 1.93. The average Bonchev–Trinajstić information content (AvgIpc) is 2.83. The number of hydrogen-bond acceptors (Lipinski definition) is 3. The summed E-state index contributed by atoms with van der Waals surface area (Å²) in [6, 6.07) is 6.73. The highest BCUT2D eigenvalue weighted by Crippen LogP contribution is 2.27. The van der Waals surface area contributed by atoms with Crippen LogP contribution in [0, 0.1) is 6.92 Å². The lowest BCUT2D eigenvalue weighted by molar-refractivity contribution is -0.129. The molecule has 0 aliphatic carbocycles. The van der Waals surface area contributed by atoms with Gasteiger partial charge in [0, 0.05) is 24.2 Å². The van der Waals surface area contributed by atoms with Gasteiger partial charge >= 0.3 is 0 Å². The number of nitrogens with zero attached hydrogens (tertiary/aromatic N) is 2. The fraction of sp³-hybridized carbons (Fsp3) is 0.538. The number of carbonyl (C=O) groups is 1. The van der Waals surface area contributed by atoms with E-state index in [4.69, 9.17) is 0 Å². The molecule has 1 amide bonds. The van der Waals surface area contributed by atoms with Crippen molar-refractivity contribution in [3.05, 3.63) is 29.6 Å². The number of hydrogen-bond donors (Lipinski definition) is 1. The maximum absolute atomic E-state index is 11.9. The van der Waals surface area contributed by atoms with Crippen LogP contribution in [0.2, 0.25) is 0 Å². The number of likely N-dealkylation sites (tertiary alicyclic amines) is 1. The van der Waals surface area contributed by atoms with Gasteiger partial charge in [0.15, 0.2) is 0 Å². The van der Waals surface area contributed by atoms with E-state index in [9.17, 15) is 4.79 Å². The van der Waals surface area contributed by atoms with Crippen molar-refractivity contribution in [3.8, 4) is 0 Å². The molecule has 2 aliphatic heterocycles. The first kappa shape index (κ1) is 10.7. The number of aryl methyl sites for hydroxylation is 1. The molecule has 0 aromatic carbocycles. The highest BCUT2D eigenvalue weighted by Gasteiger charge is 2.42. The molecule has 0 unspecified atom stereocenters. The minimum atomic E-state index is 0.260. The Hall–Kier alpha value is -1.42. The molecule has 1 aromatic heterocycles. The zero-order valence-corrected chi connectivity index (χ0v) is 10.0. The number of rotatable bonds is 2. The molecule has 2 aliphatic rings. The molecule has 4 heteroatoms. The topological polar surface area (TPSA) is 45.2 Å². The number of pyridine rings is 1. The van der Waals surface area contributed by atoms with Crippen LogP contribution in [-0.2, 0) is 11.3 Å². The molecule has 1 N–H and O–H groups in total. The number of amides is 1. The van der Waals surface area contributed by atoms with Crippen molar-refractivity contribution in [3.63, 3.8) is 0 Å². The SMILES string of the molecule is Cc1cccc(CN2C(=O)C[C@@H]3NCC[C@@H]32)n1. The van der Waals surface area contributed by atoms with Crippen molar-refractivity contribution in [2.24, 2.45) is 0 Å². The van der Waals surface area contributed by atoms with Gasteiger partial charge in [0.05, 0.1) is 12.2 Å². The van der Waals surface area contributed by atoms with Crippen LogP contribution in [-0.4, -0.2) is 34.4 Å². The monoisotopic (exact) mass is 231 g/mol. The summed E-state index contributed by atoms with van der Waals surface area (Å²) >= 11 is 0. The molecule has 0 spiro atoms. The summed E-state index contributed by atoms with van der Waals surface area (Å²) in [5.41, 5.74) is 2.00. The van der Waals surface area contributed by atoms with E-state index in [1.807, 2.05) is 30.0 Å². The number of carbonyl (C=O) groups excluding carboxylic acids is 1. The highest BCUT2D eigenvalue weighted by molar-refractivity contribution is 5.80. The third-order valence-corrected chi connectivity index (χ3v) is 3.70. The van der Waals surface area contributed by atoms with Crippen LogP contribution < -0.4 is 5.32 Å². The maximum atomic E-state index is 11.9. The van der Waals surface area contributed by atoms with Gasteiger partial charge in [-0.2, -0.15) is 0 Å². The van der Waals surface area contributed by atoms with Gasteiger partial charge in [0.1, 0.15) is 0 Å². The summed E-state index contributed by atoms with van der Waals surface area (Å²) in [6.45, 7) is 3.67. The van der Waals surface area contributed by atoms with Crippen molar-refractivity contribution in [2.45, 2.75) is 38.4 Å². The van der Waals surface area contributed by atoms with Gasteiger partial charge in [-0.1, -0.05) is 6.07 Å². The van der Waals surface area contributed by atoms with Gasteiger partial charge in [-0.05, 0) is 32.0 Å². The van der Waals surface area contributed by atoms with Crippen LogP contribution in [0.4, 0.5) is 0 Å².